The van der Waals surface area contributed by atoms with Crippen molar-refractivity contribution in [3.8, 4) is 0 Å². The minimum Gasteiger partial charge on any atom is -0.370 e. The van der Waals surface area contributed by atoms with Gasteiger partial charge in [0.2, 0.25) is 0 Å². The fourth-order valence-corrected chi connectivity index (χ4v) is 4.46. The van der Waals surface area contributed by atoms with Gasteiger partial charge in [-0.25, -0.2) is 4.90 Å². The van der Waals surface area contributed by atoms with Crippen LogP contribution in [-0.4, -0.2) is 55.7 Å². The van der Waals surface area contributed by atoms with Gasteiger partial charge in [-0.05, 0) is 44.1 Å². The van der Waals surface area contributed by atoms with E-state index in [0.29, 0.717) is 29.6 Å². The van der Waals surface area contributed by atoms with Crippen LogP contribution in [0.5, 0.6) is 0 Å². The number of piperidine rings is 1. The lowest BCUT2D eigenvalue weighted by molar-refractivity contribution is -0.259. The second kappa shape index (κ2) is 6.02. The highest BCUT2D eigenvalue weighted by atomic mass is 16.9. The molecule has 2 amide bonds. The molecular weight excluding hydrogens is 336 g/mol. The summed E-state index contributed by atoms with van der Waals surface area (Å²) in [5, 5.41) is 3.41. The number of amides is 2. The van der Waals surface area contributed by atoms with Crippen LogP contribution in [0.4, 0.5) is 5.69 Å². The number of benzene rings is 1. The van der Waals surface area contributed by atoms with Crippen molar-refractivity contribution in [1.29, 1.82) is 0 Å². The van der Waals surface area contributed by atoms with Crippen LogP contribution in [0.2, 0.25) is 0 Å². The third kappa shape index (κ3) is 2.44. The summed E-state index contributed by atoms with van der Waals surface area (Å²) in [5.74, 6) is -0.596. The van der Waals surface area contributed by atoms with Crippen molar-refractivity contribution >= 4 is 17.5 Å². The maximum atomic E-state index is 12.8. The lowest BCUT2D eigenvalue weighted by atomic mass is 9.72. The zero-order chi connectivity index (χ0) is 17.7. The predicted octanol–water partition coefficient (Wildman–Crippen LogP) is 0.655. The summed E-state index contributed by atoms with van der Waals surface area (Å²) in [5.41, 5.74) is 4.65. The van der Waals surface area contributed by atoms with Gasteiger partial charge < -0.3 is 10.2 Å². The molecule has 1 aromatic rings. The molecule has 3 fully saturated rings. The number of anilines is 1. The number of rotatable bonds is 2. The molecule has 4 aliphatic heterocycles. The highest BCUT2D eigenvalue weighted by Gasteiger charge is 2.45. The van der Waals surface area contributed by atoms with Gasteiger partial charge in [-0.2, -0.15) is 0 Å². The van der Waals surface area contributed by atoms with Crippen LogP contribution in [0.25, 0.3) is 0 Å². The summed E-state index contributed by atoms with van der Waals surface area (Å²) in [6.45, 7) is 4.59. The van der Waals surface area contributed by atoms with Crippen LogP contribution in [0.1, 0.15) is 40.0 Å². The van der Waals surface area contributed by atoms with Crippen molar-refractivity contribution in [2.45, 2.75) is 25.5 Å². The van der Waals surface area contributed by atoms with E-state index in [-0.39, 0.29) is 11.8 Å². The lowest BCUT2D eigenvalue weighted by Crippen LogP contribution is -2.60. The Bertz CT molecular complexity index is 748. The van der Waals surface area contributed by atoms with Crippen molar-refractivity contribution < 1.29 is 19.3 Å². The summed E-state index contributed by atoms with van der Waals surface area (Å²) in [4.78, 5) is 39.1. The number of nitrogens with one attached hydrogen (secondary N) is 2. The van der Waals surface area contributed by atoms with Gasteiger partial charge >= 0.3 is 0 Å². The van der Waals surface area contributed by atoms with Gasteiger partial charge in [0.15, 0.2) is 6.23 Å². The Morgan fingerprint density at radius 2 is 1.85 bits per heavy atom. The van der Waals surface area contributed by atoms with E-state index >= 15 is 0 Å². The number of hydrogen-bond acceptors (Lipinski definition) is 7. The zero-order valence-corrected chi connectivity index (χ0v) is 14.5. The minimum absolute atomic E-state index is 0.294. The molecule has 0 aliphatic carbocycles. The van der Waals surface area contributed by atoms with Crippen LogP contribution >= 0.6 is 0 Å². The maximum absolute atomic E-state index is 12.8. The normalized spacial score (nSPS) is 27.6. The van der Waals surface area contributed by atoms with Crippen LogP contribution in [0.15, 0.2) is 18.2 Å². The van der Waals surface area contributed by atoms with E-state index in [9.17, 15) is 9.59 Å². The third-order valence-electron chi connectivity index (χ3n) is 5.98. The molecule has 5 rings (SSSR count). The standard InChI is InChI=1S/C18H22N4O4/c23-16-13-2-1-12(21-10-18(11-21)4-6-19-7-5-18)9-14(13)17(24)22(16)15-3-8-25-20-26-15/h1-2,9,15,19-20H,3-8,10-11H2. The summed E-state index contributed by atoms with van der Waals surface area (Å²) < 4.78 is 0. The van der Waals surface area contributed by atoms with Gasteiger partial charge in [0, 0.05) is 30.6 Å². The van der Waals surface area contributed by atoms with Crippen molar-refractivity contribution in [2.24, 2.45) is 5.41 Å². The molecule has 8 heteroatoms. The molecule has 4 heterocycles. The zero-order valence-electron chi connectivity index (χ0n) is 14.5. The monoisotopic (exact) mass is 358 g/mol. The highest BCUT2D eigenvalue weighted by Crippen LogP contribution is 2.42. The van der Waals surface area contributed by atoms with Gasteiger partial charge in [0.1, 0.15) is 0 Å². The number of nitrogens with zero attached hydrogens (tertiary/aromatic N) is 2. The summed E-state index contributed by atoms with van der Waals surface area (Å²) in [6, 6.07) is 5.58. The van der Waals surface area contributed by atoms with E-state index in [1.165, 1.54) is 17.7 Å². The molecule has 1 spiro atoms. The average Bonchev–Trinajstić information content (AvgIpc) is 2.91. The van der Waals surface area contributed by atoms with Crippen molar-refractivity contribution in [3.05, 3.63) is 29.3 Å². The summed E-state index contributed by atoms with van der Waals surface area (Å²) in [7, 11) is 0. The molecule has 26 heavy (non-hydrogen) atoms. The van der Waals surface area contributed by atoms with Crippen LogP contribution in [0, 0.1) is 5.41 Å². The van der Waals surface area contributed by atoms with E-state index in [1.54, 1.807) is 6.07 Å². The van der Waals surface area contributed by atoms with Gasteiger partial charge in [0.25, 0.3) is 11.8 Å². The largest absolute Gasteiger partial charge is 0.370 e. The molecule has 1 unspecified atom stereocenters. The molecular formula is C18H22N4O4. The first-order valence-corrected chi connectivity index (χ1v) is 9.17. The van der Waals surface area contributed by atoms with Crippen molar-refractivity contribution in [3.63, 3.8) is 0 Å². The Hall–Kier alpha value is -2.00. The van der Waals surface area contributed by atoms with Crippen LogP contribution < -0.4 is 15.9 Å². The molecule has 4 aliphatic rings. The molecule has 0 saturated carbocycles. The molecule has 1 atom stereocenters. The van der Waals surface area contributed by atoms with Crippen LogP contribution in [-0.2, 0) is 9.68 Å². The Morgan fingerprint density at radius 1 is 1.08 bits per heavy atom. The summed E-state index contributed by atoms with van der Waals surface area (Å²) in [6.07, 6.45) is 2.22. The van der Waals surface area contributed by atoms with Crippen LogP contribution in [0.3, 0.4) is 0 Å². The van der Waals surface area contributed by atoms with Crippen molar-refractivity contribution in [2.75, 3.05) is 37.7 Å². The first kappa shape index (κ1) is 16.2. The second-order valence-electron chi connectivity index (χ2n) is 7.61. The maximum Gasteiger partial charge on any atom is 0.263 e. The van der Waals surface area contributed by atoms with Gasteiger partial charge in [0.05, 0.1) is 17.7 Å². The van der Waals surface area contributed by atoms with E-state index in [2.05, 4.69) is 15.9 Å². The van der Waals surface area contributed by atoms with E-state index in [0.717, 1.165) is 31.9 Å². The molecule has 0 bridgehead atoms. The molecule has 138 valence electrons. The topological polar surface area (TPSA) is 83.1 Å². The SMILES string of the molecule is O=C1c2ccc(N3CC4(CCNCC4)C3)cc2C(=O)N1C1CCONO1. The predicted molar refractivity (Wildman–Crippen MR) is 92.3 cm³/mol. The number of hydrogen-bond donors (Lipinski definition) is 2. The Kier molecular flexibility index (Phi) is 3.75. The molecule has 0 aromatic heterocycles. The molecule has 3 saturated heterocycles. The molecule has 8 nitrogen and oxygen atoms in total. The summed E-state index contributed by atoms with van der Waals surface area (Å²) >= 11 is 0. The van der Waals surface area contributed by atoms with Gasteiger partial charge in [-0.3, -0.25) is 19.3 Å². The molecule has 2 N–H and O–H groups in total. The number of carbonyl (C=O) groups excluding carboxylic acids is 2. The fourth-order valence-electron chi connectivity index (χ4n) is 4.46. The number of fused-ring (bicyclic) bond motifs is 1. The Labute approximate surface area is 151 Å². The van der Waals surface area contributed by atoms with E-state index in [1.807, 2.05) is 12.1 Å². The van der Waals surface area contributed by atoms with E-state index < -0.39 is 6.23 Å². The average molecular weight is 358 g/mol. The lowest BCUT2D eigenvalue weighted by Gasteiger charge is -2.53. The smallest absolute Gasteiger partial charge is 0.263 e. The minimum atomic E-state index is -0.637. The second-order valence-corrected chi connectivity index (χ2v) is 7.61. The Morgan fingerprint density at radius 3 is 2.58 bits per heavy atom. The third-order valence-corrected chi connectivity index (χ3v) is 5.98. The van der Waals surface area contributed by atoms with Gasteiger partial charge in [-0.15, -0.1) is 0 Å². The Balaban J connectivity index is 1.35. The molecule has 0 radical (unpaired) electrons. The number of carbonyl (C=O) groups is 2. The molecule has 1 aromatic carbocycles. The highest BCUT2D eigenvalue weighted by molar-refractivity contribution is 6.21. The first-order chi connectivity index (χ1) is 12.7. The van der Waals surface area contributed by atoms with Crippen molar-refractivity contribution in [1.82, 2.24) is 15.9 Å². The van der Waals surface area contributed by atoms with Gasteiger partial charge in [-0.1, -0.05) is 5.64 Å². The van der Waals surface area contributed by atoms with E-state index in [4.69, 9.17) is 9.68 Å². The number of imide groups is 1. The first-order valence-electron chi connectivity index (χ1n) is 9.17. The fraction of sp³-hybridized carbons (Fsp3) is 0.556. The quantitative estimate of drug-likeness (QED) is 0.751.